The summed E-state index contributed by atoms with van der Waals surface area (Å²) in [5.41, 5.74) is 2.17. The molecule has 0 aliphatic carbocycles. The van der Waals surface area contributed by atoms with Crippen LogP contribution in [0.3, 0.4) is 0 Å². The van der Waals surface area contributed by atoms with Crippen molar-refractivity contribution in [1.29, 1.82) is 0 Å². The molecule has 2 rings (SSSR count). The molecule has 0 spiro atoms. The van der Waals surface area contributed by atoms with E-state index in [2.05, 4.69) is 17.4 Å². The molecular weight excluding hydrogens is 222 g/mol. The first kappa shape index (κ1) is 12.8. The molecular formula is C16H19NO. The quantitative estimate of drug-likeness (QED) is 0.843. The lowest BCUT2D eigenvalue weighted by Crippen LogP contribution is -2.19. The van der Waals surface area contributed by atoms with Gasteiger partial charge in [0.2, 0.25) is 0 Å². The zero-order chi connectivity index (χ0) is 12.8. The summed E-state index contributed by atoms with van der Waals surface area (Å²) in [6.07, 6.45) is 0.230. The lowest BCUT2D eigenvalue weighted by Gasteiger charge is -2.20. The topological polar surface area (TPSA) is 32.3 Å². The zero-order valence-corrected chi connectivity index (χ0v) is 10.6. The Bertz CT molecular complexity index is 455. The van der Waals surface area contributed by atoms with E-state index in [4.69, 9.17) is 0 Å². The maximum atomic E-state index is 10.2. The van der Waals surface area contributed by atoms with E-state index in [1.54, 1.807) is 0 Å². The van der Waals surface area contributed by atoms with Crippen LogP contribution in [0, 0.1) is 0 Å². The number of nitrogens with one attached hydrogen (secondary N) is 1. The van der Waals surface area contributed by atoms with Crippen LogP contribution in [0.4, 0.5) is 0 Å². The Morgan fingerprint density at radius 1 is 0.889 bits per heavy atom. The fourth-order valence-corrected chi connectivity index (χ4v) is 2.14. The summed E-state index contributed by atoms with van der Waals surface area (Å²) in [5.74, 6) is 0. The summed E-state index contributed by atoms with van der Waals surface area (Å²) in [4.78, 5) is 0. The van der Waals surface area contributed by atoms with E-state index in [-0.39, 0.29) is 6.04 Å². The molecule has 0 aliphatic rings. The van der Waals surface area contributed by atoms with Gasteiger partial charge in [-0.2, -0.15) is 0 Å². The lowest BCUT2D eigenvalue weighted by molar-refractivity contribution is 0.153. The maximum Gasteiger partial charge on any atom is 0.0808 e. The minimum Gasteiger partial charge on any atom is -0.388 e. The summed E-state index contributed by atoms with van der Waals surface area (Å²) in [5, 5.41) is 13.5. The second-order valence-corrected chi connectivity index (χ2v) is 4.41. The van der Waals surface area contributed by atoms with Gasteiger partial charge < -0.3 is 10.4 Å². The van der Waals surface area contributed by atoms with Crippen molar-refractivity contribution in [2.24, 2.45) is 0 Å². The summed E-state index contributed by atoms with van der Waals surface area (Å²) in [6.45, 7) is 0. The molecule has 0 amide bonds. The van der Waals surface area contributed by atoms with Crippen molar-refractivity contribution in [3.8, 4) is 0 Å². The SMILES string of the molecule is CN[C@@H](C[C@H](O)c1ccccc1)c1ccccc1. The van der Waals surface area contributed by atoms with E-state index in [9.17, 15) is 5.11 Å². The van der Waals surface area contributed by atoms with Gasteiger partial charge in [0.15, 0.2) is 0 Å². The fraction of sp³-hybridized carbons (Fsp3) is 0.250. The molecule has 0 unspecified atom stereocenters. The Kier molecular flexibility index (Phi) is 4.51. The minimum absolute atomic E-state index is 0.168. The van der Waals surface area contributed by atoms with E-state index in [1.165, 1.54) is 5.56 Å². The van der Waals surface area contributed by atoms with Gasteiger partial charge in [-0.25, -0.2) is 0 Å². The number of aliphatic hydroxyl groups is 1. The van der Waals surface area contributed by atoms with Crippen LogP contribution in [0.2, 0.25) is 0 Å². The molecule has 0 bridgehead atoms. The van der Waals surface area contributed by atoms with Crippen LogP contribution in [0.15, 0.2) is 60.7 Å². The Balaban J connectivity index is 2.07. The van der Waals surface area contributed by atoms with Gasteiger partial charge in [-0.1, -0.05) is 60.7 Å². The summed E-state index contributed by atoms with van der Waals surface area (Å²) < 4.78 is 0. The third-order valence-corrected chi connectivity index (χ3v) is 3.19. The summed E-state index contributed by atoms with van der Waals surface area (Å²) in [6, 6.07) is 20.2. The van der Waals surface area contributed by atoms with Crippen LogP contribution in [0.1, 0.15) is 29.7 Å². The Morgan fingerprint density at radius 2 is 1.39 bits per heavy atom. The average molecular weight is 241 g/mol. The molecule has 2 N–H and O–H groups in total. The van der Waals surface area contributed by atoms with Gasteiger partial charge in [0, 0.05) is 6.04 Å². The van der Waals surface area contributed by atoms with Crippen molar-refractivity contribution in [3.05, 3.63) is 71.8 Å². The molecule has 0 fully saturated rings. The molecule has 2 heteroatoms. The third-order valence-electron chi connectivity index (χ3n) is 3.19. The highest BCUT2D eigenvalue weighted by Crippen LogP contribution is 2.25. The van der Waals surface area contributed by atoms with E-state index >= 15 is 0 Å². The molecule has 0 radical (unpaired) electrons. The molecule has 0 saturated heterocycles. The van der Waals surface area contributed by atoms with Gasteiger partial charge in [0.25, 0.3) is 0 Å². The van der Waals surface area contributed by atoms with E-state index < -0.39 is 6.10 Å². The highest BCUT2D eigenvalue weighted by Gasteiger charge is 2.15. The van der Waals surface area contributed by atoms with Gasteiger partial charge in [0.1, 0.15) is 0 Å². The van der Waals surface area contributed by atoms with Crippen molar-refractivity contribution in [2.75, 3.05) is 7.05 Å². The van der Waals surface area contributed by atoms with Crippen molar-refractivity contribution < 1.29 is 5.11 Å². The standard InChI is InChI=1S/C16H19NO/c1-17-15(13-8-4-2-5-9-13)12-16(18)14-10-6-3-7-11-14/h2-11,15-18H,12H2,1H3/t15-,16-/m0/s1. The summed E-state index contributed by atoms with van der Waals surface area (Å²) in [7, 11) is 1.93. The van der Waals surface area contributed by atoms with Gasteiger partial charge in [-0.15, -0.1) is 0 Å². The molecule has 0 aliphatic heterocycles. The number of rotatable bonds is 5. The normalized spacial score (nSPS) is 14.1. The highest BCUT2D eigenvalue weighted by molar-refractivity contribution is 5.21. The van der Waals surface area contributed by atoms with E-state index in [1.807, 2.05) is 55.6 Å². The molecule has 0 heterocycles. The first-order valence-electron chi connectivity index (χ1n) is 6.26. The molecule has 2 aromatic rings. The lowest BCUT2D eigenvalue weighted by atomic mass is 9.97. The van der Waals surface area contributed by atoms with Crippen molar-refractivity contribution >= 4 is 0 Å². The Labute approximate surface area is 108 Å². The van der Waals surface area contributed by atoms with Gasteiger partial charge in [-0.05, 0) is 24.6 Å². The maximum absolute atomic E-state index is 10.2. The van der Waals surface area contributed by atoms with Gasteiger partial charge in [0.05, 0.1) is 6.10 Å². The molecule has 2 nitrogen and oxygen atoms in total. The zero-order valence-electron chi connectivity index (χ0n) is 10.6. The largest absolute Gasteiger partial charge is 0.388 e. The molecule has 0 aromatic heterocycles. The monoisotopic (exact) mass is 241 g/mol. The average Bonchev–Trinajstić information content (AvgIpc) is 2.46. The molecule has 18 heavy (non-hydrogen) atoms. The van der Waals surface area contributed by atoms with Crippen LogP contribution in [-0.2, 0) is 0 Å². The number of aliphatic hydroxyl groups excluding tert-OH is 1. The second-order valence-electron chi connectivity index (χ2n) is 4.41. The van der Waals surface area contributed by atoms with Gasteiger partial charge >= 0.3 is 0 Å². The van der Waals surface area contributed by atoms with Crippen LogP contribution >= 0.6 is 0 Å². The minimum atomic E-state index is -0.441. The fourth-order valence-electron chi connectivity index (χ4n) is 2.14. The smallest absolute Gasteiger partial charge is 0.0808 e. The van der Waals surface area contributed by atoms with E-state index in [0.29, 0.717) is 6.42 Å². The number of hydrogen-bond acceptors (Lipinski definition) is 2. The predicted molar refractivity (Wildman–Crippen MR) is 74.3 cm³/mol. The first-order valence-corrected chi connectivity index (χ1v) is 6.26. The highest BCUT2D eigenvalue weighted by atomic mass is 16.3. The Hall–Kier alpha value is -1.64. The second kappa shape index (κ2) is 6.34. The summed E-state index contributed by atoms with van der Waals surface area (Å²) >= 11 is 0. The van der Waals surface area contributed by atoms with Crippen molar-refractivity contribution in [3.63, 3.8) is 0 Å². The van der Waals surface area contributed by atoms with Crippen LogP contribution in [-0.4, -0.2) is 12.2 Å². The molecule has 0 saturated carbocycles. The number of benzene rings is 2. The van der Waals surface area contributed by atoms with Crippen LogP contribution in [0.5, 0.6) is 0 Å². The van der Waals surface area contributed by atoms with Crippen molar-refractivity contribution in [1.82, 2.24) is 5.32 Å². The third kappa shape index (κ3) is 3.19. The Morgan fingerprint density at radius 3 is 1.89 bits per heavy atom. The number of hydrogen-bond donors (Lipinski definition) is 2. The molecule has 94 valence electrons. The van der Waals surface area contributed by atoms with Crippen LogP contribution < -0.4 is 5.32 Å². The molecule has 2 aromatic carbocycles. The van der Waals surface area contributed by atoms with E-state index in [0.717, 1.165) is 5.56 Å². The predicted octanol–water partition coefficient (Wildman–Crippen LogP) is 3.07. The van der Waals surface area contributed by atoms with Crippen LogP contribution in [0.25, 0.3) is 0 Å². The molecule has 2 atom stereocenters. The first-order chi connectivity index (χ1) is 8.81. The van der Waals surface area contributed by atoms with Gasteiger partial charge in [-0.3, -0.25) is 0 Å². The van der Waals surface area contributed by atoms with Crippen molar-refractivity contribution in [2.45, 2.75) is 18.6 Å².